The van der Waals surface area contributed by atoms with E-state index in [1.807, 2.05) is 6.07 Å². The standard InChI is InChI=1S/C6H7N5O/c1-11-3-9-5(4(11)2-7)6(8)10-12/h3,12H,1H3,(H2,8,10). The maximum Gasteiger partial charge on any atom is 0.191 e. The number of nitrogens with two attached hydrogens (primary N) is 1. The van der Waals surface area contributed by atoms with E-state index in [0.717, 1.165) is 0 Å². The summed E-state index contributed by atoms with van der Waals surface area (Å²) in [5.41, 5.74) is 5.72. The summed E-state index contributed by atoms with van der Waals surface area (Å²) in [6.07, 6.45) is 1.42. The van der Waals surface area contributed by atoms with Gasteiger partial charge in [-0.05, 0) is 0 Å². The van der Waals surface area contributed by atoms with Crippen LogP contribution in [0, 0.1) is 11.3 Å². The molecular formula is C6H7N5O. The number of hydrogen-bond donors (Lipinski definition) is 2. The van der Waals surface area contributed by atoms with Crippen LogP contribution in [-0.4, -0.2) is 20.6 Å². The number of hydrogen-bond acceptors (Lipinski definition) is 4. The third kappa shape index (κ3) is 1.08. The van der Waals surface area contributed by atoms with Crippen LogP contribution in [-0.2, 0) is 7.05 Å². The SMILES string of the molecule is Cn1cnc(/C(N)=N/O)c1C#N. The first-order valence-corrected chi connectivity index (χ1v) is 3.10. The molecule has 3 N–H and O–H groups in total. The monoisotopic (exact) mass is 165 g/mol. The van der Waals surface area contributed by atoms with Crippen LogP contribution in [0.1, 0.15) is 11.4 Å². The molecule has 6 heteroatoms. The van der Waals surface area contributed by atoms with Gasteiger partial charge in [-0.1, -0.05) is 5.16 Å². The van der Waals surface area contributed by atoms with Crippen molar-refractivity contribution in [2.45, 2.75) is 0 Å². The normalized spacial score (nSPS) is 11.2. The minimum absolute atomic E-state index is 0.160. The van der Waals surface area contributed by atoms with Gasteiger partial charge in [0.1, 0.15) is 11.8 Å². The first kappa shape index (κ1) is 8.07. The molecule has 0 spiro atoms. The first-order valence-electron chi connectivity index (χ1n) is 3.10. The predicted octanol–water partition coefficient (Wildman–Crippen LogP) is -0.614. The van der Waals surface area contributed by atoms with Crippen molar-refractivity contribution in [3.8, 4) is 6.07 Å². The van der Waals surface area contributed by atoms with E-state index in [4.69, 9.17) is 16.2 Å². The number of nitrogens with zero attached hydrogens (tertiary/aromatic N) is 4. The van der Waals surface area contributed by atoms with Crippen LogP contribution >= 0.6 is 0 Å². The molecule has 1 aromatic heterocycles. The Morgan fingerprint density at radius 3 is 3.08 bits per heavy atom. The van der Waals surface area contributed by atoms with Crippen molar-refractivity contribution in [2.24, 2.45) is 17.9 Å². The topological polar surface area (TPSA) is 100 Å². The summed E-state index contributed by atoms with van der Waals surface area (Å²) in [4.78, 5) is 3.78. The number of aryl methyl sites for hydroxylation is 1. The highest BCUT2D eigenvalue weighted by atomic mass is 16.4. The quantitative estimate of drug-likeness (QED) is 0.251. The highest BCUT2D eigenvalue weighted by Gasteiger charge is 2.11. The summed E-state index contributed by atoms with van der Waals surface area (Å²) in [7, 11) is 1.65. The zero-order valence-corrected chi connectivity index (χ0v) is 6.39. The van der Waals surface area contributed by atoms with Gasteiger partial charge >= 0.3 is 0 Å². The van der Waals surface area contributed by atoms with E-state index in [-0.39, 0.29) is 17.2 Å². The molecule has 0 saturated carbocycles. The molecule has 0 amide bonds. The van der Waals surface area contributed by atoms with Crippen molar-refractivity contribution < 1.29 is 5.21 Å². The minimum Gasteiger partial charge on any atom is -0.409 e. The van der Waals surface area contributed by atoms with Crippen LogP contribution in [0.15, 0.2) is 11.5 Å². The lowest BCUT2D eigenvalue weighted by atomic mass is 10.3. The second-order valence-corrected chi connectivity index (χ2v) is 2.15. The van der Waals surface area contributed by atoms with E-state index in [9.17, 15) is 0 Å². The average Bonchev–Trinajstić information content (AvgIpc) is 2.45. The fraction of sp³-hybridized carbons (Fsp3) is 0.167. The van der Waals surface area contributed by atoms with E-state index in [0.29, 0.717) is 0 Å². The van der Waals surface area contributed by atoms with Crippen LogP contribution in [0.3, 0.4) is 0 Å². The Kier molecular flexibility index (Phi) is 1.96. The molecule has 0 aliphatic heterocycles. The molecule has 0 radical (unpaired) electrons. The summed E-state index contributed by atoms with van der Waals surface area (Å²) < 4.78 is 1.49. The zero-order valence-electron chi connectivity index (χ0n) is 6.39. The molecule has 6 nitrogen and oxygen atoms in total. The molecule has 0 unspecified atom stereocenters. The largest absolute Gasteiger partial charge is 0.409 e. The third-order valence-corrected chi connectivity index (χ3v) is 1.39. The number of imidazole rings is 1. The van der Waals surface area contributed by atoms with E-state index < -0.39 is 0 Å². The van der Waals surface area contributed by atoms with Gasteiger partial charge in [0.15, 0.2) is 11.5 Å². The zero-order chi connectivity index (χ0) is 9.14. The maximum absolute atomic E-state index is 8.63. The van der Waals surface area contributed by atoms with Gasteiger partial charge in [-0.25, -0.2) is 4.98 Å². The summed E-state index contributed by atoms with van der Waals surface area (Å²) in [5, 5.41) is 19.7. The van der Waals surface area contributed by atoms with E-state index in [2.05, 4.69) is 10.1 Å². The van der Waals surface area contributed by atoms with Crippen molar-refractivity contribution in [2.75, 3.05) is 0 Å². The van der Waals surface area contributed by atoms with Crippen LogP contribution in [0.2, 0.25) is 0 Å². The van der Waals surface area contributed by atoms with Gasteiger partial charge in [0.25, 0.3) is 0 Å². The molecule has 12 heavy (non-hydrogen) atoms. The van der Waals surface area contributed by atoms with Gasteiger partial charge in [0, 0.05) is 7.05 Å². The average molecular weight is 165 g/mol. The maximum atomic E-state index is 8.63. The van der Waals surface area contributed by atoms with Gasteiger partial charge in [0.05, 0.1) is 6.33 Å². The number of amidine groups is 1. The van der Waals surface area contributed by atoms with Crippen LogP contribution in [0.4, 0.5) is 0 Å². The van der Waals surface area contributed by atoms with E-state index >= 15 is 0 Å². The van der Waals surface area contributed by atoms with Crippen molar-refractivity contribution in [3.05, 3.63) is 17.7 Å². The van der Waals surface area contributed by atoms with Crippen molar-refractivity contribution >= 4 is 5.84 Å². The molecule has 0 aliphatic rings. The second-order valence-electron chi connectivity index (χ2n) is 2.15. The molecule has 0 atom stereocenters. The van der Waals surface area contributed by atoms with Crippen molar-refractivity contribution in [1.29, 1.82) is 5.26 Å². The molecule has 0 fully saturated rings. The lowest BCUT2D eigenvalue weighted by molar-refractivity contribution is 0.318. The Labute approximate surface area is 68.5 Å². The molecule has 1 rings (SSSR count). The number of nitriles is 1. The second kappa shape index (κ2) is 2.92. The summed E-state index contributed by atoms with van der Waals surface area (Å²) in [5.74, 6) is -0.160. The summed E-state index contributed by atoms with van der Waals surface area (Å²) >= 11 is 0. The van der Waals surface area contributed by atoms with Gasteiger partial charge in [-0.3, -0.25) is 0 Å². The lowest BCUT2D eigenvalue weighted by Crippen LogP contribution is -2.15. The Hall–Kier alpha value is -2.03. The van der Waals surface area contributed by atoms with Crippen LogP contribution in [0.5, 0.6) is 0 Å². The molecular weight excluding hydrogens is 158 g/mol. The van der Waals surface area contributed by atoms with Gasteiger partial charge in [-0.15, -0.1) is 0 Å². The van der Waals surface area contributed by atoms with Crippen LogP contribution in [0.25, 0.3) is 0 Å². The van der Waals surface area contributed by atoms with Gasteiger partial charge < -0.3 is 15.5 Å². The molecule has 0 aliphatic carbocycles. The predicted molar refractivity (Wildman–Crippen MR) is 40.4 cm³/mol. The Morgan fingerprint density at radius 2 is 2.58 bits per heavy atom. The Balaban J connectivity index is 3.28. The molecule has 62 valence electrons. The minimum atomic E-state index is -0.160. The van der Waals surface area contributed by atoms with Crippen molar-refractivity contribution in [1.82, 2.24) is 9.55 Å². The Morgan fingerprint density at radius 1 is 1.92 bits per heavy atom. The van der Waals surface area contributed by atoms with Crippen molar-refractivity contribution in [3.63, 3.8) is 0 Å². The fourth-order valence-corrected chi connectivity index (χ4v) is 0.797. The molecule has 0 bridgehead atoms. The number of rotatable bonds is 1. The highest BCUT2D eigenvalue weighted by Crippen LogP contribution is 2.03. The lowest BCUT2D eigenvalue weighted by Gasteiger charge is -1.93. The molecule has 0 aromatic carbocycles. The highest BCUT2D eigenvalue weighted by molar-refractivity contribution is 5.97. The smallest absolute Gasteiger partial charge is 0.191 e. The first-order chi connectivity index (χ1) is 5.70. The molecule has 1 heterocycles. The van der Waals surface area contributed by atoms with Gasteiger partial charge in [0.2, 0.25) is 0 Å². The summed E-state index contributed by atoms with van der Waals surface area (Å²) in [6.45, 7) is 0. The van der Waals surface area contributed by atoms with E-state index in [1.54, 1.807) is 7.05 Å². The molecule has 1 aromatic rings. The van der Waals surface area contributed by atoms with Crippen LogP contribution < -0.4 is 5.73 Å². The van der Waals surface area contributed by atoms with E-state index in [1.165, 1.54) is 10.9 Å². The third-order valence-electron chi connectivity index (χ3n) is 1.39. The molecule has 0 saturated heterocycles. The Bertz CT molecular complexity index is 359. The number of oxime groups is 1. The summed E-state index contributed by atoms with van der Waals surface area (Å²) in [6, 6.07) is 1.89. The fourth-order valence-electron chi connectivity index (χ4n) is 0.797. The number of aromatic nitrogens is 2. The van der Waals surface area contributed by atoms with Gasteiger partial charge in [-0.2, -0.15) is 5.26 Å².